The first-order chi connectivity index (χ1) is 17.7. The molecule has 2 heterocycles. The minimum atomic E-state index is 0.175. The second kappa shape index (κ2) is 9.36. The molecule has 3 saturated carbocycles. The lowest BCUT2D eigenvalue weighted by molar-refractivity contribution is -0.170. The molecule has 2 saturated heterocycles. The summed E-state index contributed by atoms with van der Waals surface area (Å²) in [7, 11) is 0. The zero-order valence-electron chi connectivity index (χ0n) is 22.0. The molecule has 4 nitrogen and oxygen atoms in total. The topological polar surface area (TPSA) is 24.9 Å². The maximum Gasteiger partial charge on any atom is 0.101 e. The van der Waals surface area contributed by atoms with Crippen molar-refractivity contribution in [2.24, 2.45) is 0 Å². The minimum absolute atomic E-state index is 0.175. The molecule has 8 unspecified atom stereocenters. The van der Waals surface area contributed by atoms with Crippen LogP contribution in [0.15, 0.2) is 48.5 Å². The summed E-state index contributed by atoms with van der Waals surface area (Å²) in [5.41, 5.74) is 5.42. The van der Waals surface area contributed by atoms with Gasteiger partial charge in [0.2, 0.25) is 0 Å². The Bertz CT molecular complexity index is 1050. The first-order valence-electron chi connectivity index (χ1n) is 14.7. The molecule has 192 valence electrons. The van der Waals surface area contributed by atoms with Gasteiger partial charge < -0.3 is 19.3 Å². The minimum Gasteiger partial charge on any atom is -0.371 e. The standard InChI is InChI=1S/C32H42N2O2/c1-21-11-15-23(16-12-21)33-25-7-3-6-10-29(25)36-32-27(33)19-20-30-31(32)34(24-17-13-22(2)14-18-24)26-8-4-5-9-28(26)35-30/h11-18,25-32H,3-10,19-20H2,1-2H3. The van der Waals surface area contributed by atoms with Gasteiger partial charge >= 0.3 is 0 Å². The predicted molar refractivity (Wildman–Crippen MR) is 146 cm³/mol. The van der Waals surface area contributed by atoms with E-state index >= 15 is 0 Å². The van der Waals surface area contributed by atoms with Crippen LogP contribution in [0.4, 0.5) is 11.4 Å². The molecular weight excluding hydrogens is 444 g/mol. The highest BCUT2D eigenvalue weighted by atomic mass is 16.5. The number of rotatable bonds is 2. The predicted octanol–water partition coefficient (Wildman–Crippen LogP) is 6.57. The lowest BCUT2D eigenvalue weighted by Gasteiger charge is -2.62. The quantitative estimate of drug-likeness (QED) is 0.479. The van der Waals surface area contributed by atoms with Crippen molar-refractivity contribution in [1.82, 2.24) is 0 Å². The number of anilines is 2. The van der Waals surface area contributed by atoms with E-state index in [0.717, 1.165) is 12.8 Å². The number of fused-ring (bicyclic) bond motifs is 5. The smallest absolute Gasteiger partial charge is 0.101 e. The van der Waals surface area contributed by atoms with E-state index in [9.17, 15) is 0 Å². The molecule has 7 rings (SSSR count). The van der Waals surface area contributed by atoms with Gasteiger partial charge in [-0.15, -0.1) is 0 Å². The Morgan fingerprint density at radius 3 is 1.69 bits per heavy atom. The van der Waals surface area contributed by atoms with E-state index < -0.39 is 0 Å². The fraction of sp³-hybridized carbons (Fsp3) is 0.625. The first-order valence-corrected chi connectivity index (χ1v) is 14.7. The summed E-state index contributed by atoms with van der Waals surface area (Å²) >= 11 is 0. The molecule has 3 aliphatic carbocycles. The molecular formula is C32H42N2O2. The lowest BCUT2D eigenvalue weighted by atomic mass is 9.75. The highest BCUT2D eigenvalue weighted by molar-refractivity contribution is 5.54. The van der Waals surface area contributed by atoms with Crippen molar-refractivity contribution in [3.63, 3.8) is 0 Å². The van der Waals surface area contributed by atoms with E-state index in [1.807, 2.05) is 0 Å². The third-order valence-corrected chi connectivity index (χ3v) is 9.92. The second-order valence-electron chi connectivity index (χ2n) is 12.2. The Labute approximate surface area is 217 Å². The van der Waals surface area contributed by atoms with Crippen LogP contribution in [0.1, 0.15) is 75.3 Å². The van der Waals surface area contributed by atoms with Gasteiger partial charge in [0, 0.05) is 11.4 Å². The van der Waals surface area contributed by atoms with Crippen molar-refractivity contribution in [1.29, 1.82) is 0 Å². The third-order valence-electron chi connectivity index (χ3n) is 9.92. The van der Waals surface area contributed by atoms with Crippen LogP contribution in [-0.4, -0.2) is 48.6 Å². The molecule has 5 aliphatic rings. The average Bonchev–Trinajstić information content (AvgIpc) is 2.91. The molecule has 0 bridgehead atoms. The summed E-state index contributed by atoms with van der Waals surface area (Å²) in [6.45, 7) is 4.39. The third kappa shape index (κ3) is 3.87. The molecule has 0 radical (unpaired) electrons. The van der Waals surface area contributed by atoms with Crippen LogP contribution in [0.25, 0.3) is 0 Å². The number of aryl methyl sites for hydroxylation is 2. The maximum absolute atomic E-state index is 7.23. The van der Waals surface area contributed by atoms with Crippen LogP contribution < -0.4 is 9.80 Å². The molecule has 2 aromatic carbocycles. The van der Waals surface area contributed by atoms with E-state index in [1.165, 1.54) is 73.9 Å². The van der Waals surface area contributed by atoms with E-state index in [2.05, 4.69) is 72.2 Å². The zero-order valence-corrected chi connectivity index (χ0v) is 22.0. The summed E-state index contributed by atoms with van der Waals surface area (Å²) in [6, 6.07) is 20.2. The van der Waals surface area contributed by atoms with Gasteiger partial charge in [-0.2, -0.15) is 0 Å². The van der Waals surface area contributed by atoms with Gasteiger partial charge in [-0.1, -0.05) is 61.1 Å². The highest BCUT2D eigenvalue weighted by Crippen LogP contribution is 2.48. The Hall–Kier alpha value is -2.04. The molecule has 2 aliphatic heterocycles. The summed E-state index contributed by atoms with van der Waals surface area (Å²) in [5.74, 6) is 0. The van der Waals surface area contributed by atoms with Crippen molar-refractivity contribution in [2.45, 2.75) is 127 Å². The molecule has 8 atom stereocenters. The summed E-state index contributed by atoms with van der Waals surface area (Å²) in [5, 5.41) is 0. The Morgan fingerprint density at radius 2 is 1.06 bits per heavy atom. The molecule has 36 heavy (non-hydrogen) atoms. The fourth-order valence-electron chi connectivity index (χ4n) is 8.25. The SMILES string of the molecule is Cc1ccc(N2C3CCCCC3OC3C2CCC2OC4CCCCC4N(c4ccc(C)cc4)C23)cc1. The van der Waals surface area contributed by atoms with Gasteiger partial charge in [-0.3, -0.25) is 0 Å². The molecule has 0 N–H and O–H groups in total. The van der Waals surface area contributed by atoms with Crippen molar-refractivity contribution in [2.75, 3.05) is 9.80 Å². The molecule has 5 fully saturated rings. The van der Waals surface area contributed by atoms with E-state index in [4.69, 9.17) is 9.47 Å². The summed E-state index contributed by atoms with van der Waals surface area (Å²) in [4.78, 5) is 5.61. The van der Waals surface area contributed by atoms with Gasteiger partial charge in [0.15, 0.2) is 0 Å². The van der Waals surface area contributed by atoms with E-state index in [0.29, 0.717) is 30.3 Å². The molecule has 2 aromatic rings. The van der Waals surface area contributed by atoms with Crippen molar-refractivity contribution in [3.05, 3.63) is 59.7 Å². The van der Waals surface area contributed by atoms with Crippen LogP contribution in [0.2, 0.25) is 0 Å². The van der Waals surface area contributed by atoms with Crippen LogP contribution in [0.3, 0.4) is 0 Å². The molecule has 4 heteroatoms. The van der Waals surface area contributed by atoms with Gasteiger partial charge in [-0.05, 0) is 76.6 Å². The lowest BCUT2D eigenvalue weighted by Crippen LogP contribution is -2.75. The molecule has 0 aromatic heterocycles. The van der Waals surface area contributed by atoms with Crippen LogP contribution in [-0.2, 0) is 9.47 Å². The fourth-order valence-corrected chi connectivity index (χ4v) is 8.25. The van der Waals surface area contributed by atoms with Crippen molar-refractivity contribution in [3.8, 4) is 0 Å². The second-order valence-corrected chi connectivity index (χ2v) is 12.2. The van der Waals surface area contributed by atoms with E-state index in [1.54, 1.807) is 0 Å². The van der Waals surface area contributed by atoms with Crippen LogP contribution in [0.5, 0.6) is 0 Å². The maximum atomic E-state index is 7.23. The highest BCUT2D eigenvalue weighted by Gasteiger charge is 2.57. The van der Waals surface area contributed by atoms with Gasteiger partial charge in [-0.25, -0.2) is 0 Å². The van der Waals surface area contributed by atoms with Crippen LogP contribution in [0, 0.1) is 13.8 Å². The molecule has 0 spiro atoms. The van der Waals surface area contributed by atoms with E-state index in [-0.39, 0.29) is 18.2 Å². The van der Waals surface area contributed by atoms with Crippen LogP contribution >= 0.6 is 0 Å². The van der Waals surface area contributed by atoms with Gasteiger partial charge in [0.25, 0.3) is 0 Å². The largest absolute Gasteiger partial charge is 0.371 e. The number of hydrogen-bond donors (Lipinski definition) is 0. The number of hydrogen-bond acceptors (Lipinski definition) is 4. The number of benzene rings is 2. The van der Waals surface area contributed by atoms with Crippen molar-refractivity contribution >= 4 is 11.4 Å². The Balaban J connectivity index is 1.30. The summed E-state index contributed by atoms with van der Waals surface area (Å²) in [6.07, 6.45) is 13.5. The van der Waals surface area contributed by atoms with Gasteiger partial charge in [0.1, 0.15) is 6.10 Å². The first kappa shape index (κ1) is 23.1. The normalized spacial score (nSPS) is 37.9. The molecule has 0 amide bonds. The Morgan fingerprint density at radius 1 is 0.528 bits per heavy atom. The number of ether oxygens (including phenoxy) is 2. The summed E-state index contributed by atoms with van der Waals surface area (Å²) < 4.78 is 14.2. The van der Waals surface area contributed by atoms with Crippen molar-refractivity contribution < 1.29 is 9.47 Å². The number of nitrogens with zero attached hydrogens (tertiary/aromatic N) is 2. The average molecular weight is 487 g/mol. The van der Waals surface area contributed by atoms with Gasteiger partial charge in [0.05, 0.1) is 42.5 Å². The zero-order chi connectivity index (χ0) is 24.2. The number of morpholine rings is 2. The Kier molecular flexibility index (Phi) is 6.01. The monoisotopic (exact) mass is 486 g/mol.